The average Bonchev–Trinajstić information content (AvgIpc) is 2.18. The van der Waals surface area contributed by atoms with Gasteiger partial charge in [0, 0.05) is 12.1 Å². The van der Waals surface area contributed by atoms with Crippen molar-refractivity contribution in [3.8, 4) is 0 Å². The summed E-state index contributed by atoms with van der Waals surface area (Å²) in [4.78, 5) is 10.00. The molecule has 0 aromatic heterocycles. The third-order valence-corrected chi connectivity index (χ3v) is 1.75. The molecule has 14 heavy (non-hydrogen) atoms. The zero-order chi connectivity index (χ0) is 10.6. The van der Waals surface area contributed by atoms with Crippen molar-refractivity contribution in [2.45, 2.75) is 6.92 Å². The van der Waals surface area contributed by atoms with Crippen LogP contribution >= 0.6 is 0 Å². The van der Waals surface area contributed by atoms with Gasteiger partial charge < -0.3 is 5.43 Å². The van der Waals surface area contributed by atoms with Crippen LogP contribution in [-0.2, 0) is 0 Å². The SMILES string of the molecule is C/C=C/c1ccc([N+](=O)[O-])cc1NN. The van der Waals surface area contributed by atoms with Crippen molar-refractivity contribution in [1.82, 2.24) is 0 Å². The van der Waals surface area contributed by atoms with Crippen molar-refractivity contribution in [2.75, 3.05) is 5.43 Å². The molecule has 0 amide bonds. The number of anilines is 1. The highest BCUT2D eigenvalue weighted by Crippen LogP contribution is 2.22. The van der Waals surface area contributed by atoms with Crippen molar-refractivity contribution >= 4 is 17.5 Å². The van der Waals surface area contributed by atoms with Crippen molar-refractivity contribution in [3.63, 3.8) is 0 Å². The lowest BCUT2D eigenvalue weighted by atomic mass is 10.1. The summed E-state index contributed by atoms with van der Waals surface area (Å²) in [6, 6.07) is 4.48. The number of nitro benzene ring substituents is 1. The van der Waals surface area contributed by atoms with Crippen LogP contribution < -0.4 is 11.3 Å². The first kappa shape index (κ1) is 10.2. The quantitative estimate of drug-likeness (QED) is 0.436. The zero-order valence-corrected chi connectivity index (χ0v) is 7.73. The van der Waals surface area contributed by atoms with E-state index in [2.05, 4.69) is 5.43 Å². The molecule has 0 aliphatic rings. The van der Waals surface area contributed by atoms with E-state index in [0.29, 0.717) is 5.69 Å². The Morgan fingerprint density at radius 1 is 1.57 bits per heavy atom. The molecule has 1 rings (SSSR count). The summed E-state index contributed by atoms with van der Waals surface area (Å²) >= 11 is 0. The summed E-state index contributed by atoms with van der Waals surface area (Å²) < 4.78 is 0. The molecule has 1 aromatic rings. The van der Waals surface area contributed by atoms with E-state index in [9.17, 15) is 10.1 Å². The van der Waals surface area contributed by atoms with Gasteiger partial charge in [-0.2, -0.15) is 0 Å². The minimum Gasteiger partial charge on any atom is -0.323 e. The molecule has 0 atom stereocenters. The van der Waals surface area contributed by atoms with Crippen molar-refractivity contribution < 1.29 is 4.92 Å². The number of benzene rings is 1. The number of nitro groups is 1. The maximum Gasteiger partial charge on any atom is 0.271 e. The molecule has 0 unspecified atom stereocenters. The Morgan fingerprint density at radius 3 is 2.79 bits per heavy atom. The monoisotopic (exact) mass is 193 g/mol. The Kier molecular flexibility index (Phi) is 3.19. The number of allylic oxidation sites excluding steroid dienone is 1. The molecule has 0 aliphatic heterocycles. The molecule has 0 saturated heterocycles. The molecule has 0 fully saturated rings. The summed E-state index contributed by atoms with van der Waals surface area (Å²) in [5, 5.41) is 10.5. The molecule has 5 heteroatoms. The fourth-order valence-electron chi connectivity index (χ4n) is 1.11. The Bertz CT molecular complexity index is 374. The van der Waals surface area contributed by atoms with Crippen molar-refractivity contribution in [2.24, 2.45) is 5.84 Å². The molecule has 0 saturated carbocycles. The first-order chi connectivity index (χ1) is 6.69. The smallest absolute Gasteiger partial charge is 0.271 e. The molecular formula is C9H11N3O2. The second-order valence-corrected chi connectivity index (χ2v) is 2.67. The van der Waals surface area contributed by atoms with Gasteiger partial charge in [0.25, 0.3) is 5.69 Å². The van der Waals surface area contributed by atoms with Gasteiger partial charge >= 0.3 is 0 Å². The molecule has 0 spiro atoms. The van der Waals surface area contributed by atoms with Crippen LogP contribution in [0.1, 0.15) is 12.5 Å². The minimum atomic E-state index is -0.458. The van der Waals surface area contributed by atoms with Gasteiger partial charge in [0.05, 0.1) is 10.6 Å². The number of hydrazine groups is 1. The molecule has 74 valence electrons. The van der Waals surface area contributed by atoms with E-state index in [1.165, 1.54) is 12.1 Å². The van der Waals surface area contributed by atoms with E-state index >= 15 is 0 Å². The summed E-state index contributed by atoms with van der Waals surface area (Å²) in [7, 11) is 0. The third kappa shape index (κ3) is 2.08. The molecule has 0 radical (unpaired) electrons. The lowest BCUT2D eigenvalue weighted by Gasteiger charge is -2.03. The van der Waals surface area contributed by atoms with Gasteiger partial charge in [-0.3, -0.25) is 16.0 Å². The van der Waals surface area contributed by atoms with Gasteiger partial charge in [-0.15, -0.1) is 0 Å². The van der Waals surface area contributed by atoms with E-state index in [0.717, 1.165) is 5.56 Å². The maximum absolute atomic E-state index is 10.5. The first-order valence-electron chi connectivity index (χ1n) is 4.06. The van der Waals surface area contributed by atoms with E-state index < -0.39 is 4.92 Å². The van der Waals surface area contributed by atoms with Gasteiger partial charge in [-0.05, 0) is 18.6 Å². The first-order valence-corrected chi connectivity index (χ1v) is 4.06. The van der Waals surface area contributed by atoms with Crippen LogP contribution in [0.15, 0.2) is 24.3 Å². The molecule has 5 nitrogen and oxygen atoms in total. The average molecular weight is 193 g/mol. The minimum absolute atomic E-state index is 0.0196. The van der Waals surface area contributed by atoms with E-state index in [4.69, 9.17) is 5.84 Å². The van der Waals surface area contributed by atoms with Gasteiger partial charge in [0.1, 0.15) is 0 Å². The number of hydrogen-bond acceptors (Lipinski definition) is 4. The van der Waals surface area contributed by atoms with Crippen LogP contribution in [-0.4, -0.2) is 4.92 Å². The van der Waals surface area contributed by atoms with Crippen molar-refractivity contribution in [1.29, 1.82) is 0 Å². The molecule has 0 heterocycles. The fourth-order valence-corrected chi connectivity index (χ4v) is 1.11. The van der Waals surface area contributed by atoms with Crippen LogP contribution in [0.2, 0.25) is 0 Å². The predicted octanol–water partition coefficient (Wildman–Crippen LogP) is 1.91. The summed E-state index contributed by atoms with van der Waals surface area (Å²) in [5.41, 5.74) is 3.80. The third-order valence-electron chi connectivity index (χ3n) is 1.75. The fraction of sp³-hybridized carbons (Fsp3) is 0.111. The van der Waals surface area contributed by atoms with Crippen LogP contribution in [0.5, 0.6) is 0 Å². The Labute approximate surface area is 81.3 Å². The number of nitrogen functional groups attached to an aromatic ring is 1. The number of non-ortho nitro benzene ring substituents is 1. The number of nitrogens with zero attached hydrogens (tertiary/aromatic N) is 1. The molecule has 0 bridgehead atoms. The number of nitrogens with two attached hydrogens (primary N) is 1. The Balaban J connectivity index is 3.17. The molecule has 3 N–H and O–H groups in total. The van der Waals surface area contributed by atoms with E-state index in [1.54, 1.807) is 6.07 Å². The lowest BCUT2D eigenvalue weighted by Crippen LogP contribution is -2.08. The second-order valence-electron chi connectivity index (χ2n) is 2.67. The highest BCUT2D eigenvalue weighted by molar-refractivity contribution is 5.68. The summed E-state index contributed by atoms with van der Waals surface area (Å²) in [6.45, 7) is 1.86. The Hall–Kier alpha value is -1.88. The molecule has 1 aromatic carbocycles. The molecule has 0 aliphatic carbocycles. The summed E-state index contributed by atoms with van der Waals surface area (Å²) in [5.74, 6) is 5.24. The van der Waals surface area contributed by atoms with Gasteiger partial charge in [0.2, 0.25) is 0 Å². The topological polar surface area (TPSA) is 81.2 Å². The highest BCUT2D eigenvalue weighted by Gasteiger charge is 2.07. The predicted molar refractivity (Wildman–Crippen MR) is 55.6 cm³/mol. The lowest BCUT2D eigenvalue weighted by molar-refractivity contribution is -0.384. The largest absolute Gasteiger partial charge is 0.323 e. The second kappa shape index (κ2) is 4.38. The summed E-state index contributed by atoms with van der Waals surface area (Å²) in [6.07, 6.45) is 3.65. The molecular weight excluding hydrogens is 182 g/mol. The Morgan fingerprint density at radius 2 is 2.29 bits per heavy atom. The van der Waals surface area contributed by atoms with Crippen LogP contribution in [0.4, 0.5) is 11.4 Å². The van der Waals surface area contributed by atoms with E-state index in [-0.39, 0.29) is 5.69 Å². The van der Waals surface area contributed by atoms with Crippen molar-refractivity contribution in [3.05, 3.63) is 40.0 Å². The number of rotatable bonds is 3. The van der Waals surface area contributed by atoms with E-state index in [1.807, 2.05) is 19.1 Å². The van der Waals surface area contributed by atoms with Crippen LogP contribution in [0.3, 0.4) is 0 Å². The standard InChI is InChI=1S/C9H11N3O2/c1-2-3-7-4-5-8(12(13)14)6-9(7)11-10/h2-6,11H,10H2,1H3/b3-2+. The zero-order valence-electron chi connectivity index (χ0n) is 7.73. The van der Waals surface area contributed by atoms with Gasteiger partial charge in [-0.1, -0.05) is 12.2 Å². The highest BCUT2D eigenvalue weighted by atomic mass is 16.6. The normalized spacial score (nSPS) is 10.4. The van der Waals surface area contributed by atoms with Crippen LogP contribution in [0, 0.1) is 10.1 Å². The number of nitrogens with one attached hydrogen (secondary N) is 1. The van der Waals surface area contributed by atoms with Crippen LogP contribution in [0.25, 0.3) is 6.08 Å². The van der Waals surface area contributed by atoms with Gasteiger partial charge in [-0.25, -0.2) is 0 Å². The van der Waals surface area contributed by atoms with Gasteiger partial charge in [0.15, 0.2) is 0 Å². The maximum atomic E-state index is 10.5. The number of hydrogen-bond donors (Lipinski definition) is 2.